The molecule has 156 valence electrons. The maximum Gasteiger partial charge on any atom is 0.355 e. The number of esters is 1. The van der Waals surface area contributed by atoms with Crippen molar-refractivity contribution in [2.45, 2.75) is 13.0 Å². The number of non-ortho nitro benzene ring substituents is 1. The number of hydrogen-bond donors (Lipinski definition) is 1. The zero-order valence-electron chi connectivity index (χ0n) is 16.5. The molecule has 0 amide bonds. The quantitative estimate of drug-likeness (QED) is 0.284. The lowest BCUT2D eigenvalue weighted by atomic mass is 9.89. The lowest BCUT2D eigenvalue weighted by molar-refractivity contribution is -0.384. The number of ketones is 1. The number of nitrogens with zero attached hydrogens (tertiary/aromatic N) is 5. The average molecular weight is 420 g/mol. The Morgan fingerprint density at radius 3 is 2.61 bits per heavy atom. The minimum Gasteiger partial charge on any atom is -0.464 e. The van der Waals surface area contributed by atoms with Crippen LogP contribution >= 0.6 is 0 Å². The fourth-order valence-corrected chi connectivity index (χ4v) is 3.36. The second kappa shape index (κ2) is 7.78. The molecule has 1 aromatic heterocycles. The SMILES string of the molecule is COC(=O)C1=C(C(=O)c2cccc([N+](=O)[O-])c2)[C@H](c2ccc(C)cc2)n2nnnc2N1. The Morgan fingerprint density at radius 1 is 1.19 bits per heavy atom. The standard InChI is InChI=1S/C20H16N6O5/c1-11-6-8-12(9-7-11)17-15(18(27)13-4-3-5-14(10-13)26(29)30)16(19(28)31-2)21-20-22-23-24-25(17)20/h3-10,17H,1-2H3,(H,21,22,24)/t17-/m0/s1. The number of ether oxygens (including phenoxy) is 1. The predicted octanol–water partition coefficient (Wildman–Crippen LogP) is 2.21. The highest BCUT2D eigenvalue weighted by Gasteiger charge is 2.38. The Kier molecular flexibility index (Phi) is 4.99. The molecule has 2 heterocycles. The van der Waals surface area contributed by atoms with Gasteiger partial charge in [0.25, 0.3) is 5.69 Å². The number of tetrazole rings is 1. The monoisotopic (exact) mass is 420 g/mol. The molecule has 0 bridgehead atoms. The number of carbonyl (C=O) groups is 2. The summed E-state index contributed by atoms with van der Waals surface area (Å²) >= 11 is 0. The van der Waals surface area contributed by atoms with Crippen LogP contribution in [0.25, 0.3) is 0 Å². The van der Waals surface area contributed by atoms with Crippen molar-refractivity contribution in [3.8, 4) is 0 Å². The Balaban J connectivity index is 1.94. The number of carbonyl (C=O) groups excluding carboxylic acids is 2. The molecule has 0 aliphatic carbocycles. The molecule has 31 heavy (non-hydrogen) atoms. The minimum atomic E-state index is -0.854. The molecule has 0 radical (unpaired) electrons. The van der Waals surface area contributed by atoms with Crippen molar-refractivity contribution in [2.24, 2.45) is 0 Å². The van der Waals surface area contributed by atoms with Crippen LogP contribution < -0.4 is 5.32 Å². The molecular formula is C20H16N6O5. The van der Waals surface area contributed by atoms with E-state index < -0.39 is 22.7 Å². The van der Waals surface area contributed by atoms with Gasteiger partial charge in [-0.3, -0.25) is 14.9 Å². The van der Waals surface area contributed by atoms with Gasteiger partial charge in [-0.05, 0) is 22.9 Å². The second-order valence-corrected chi connectivity index (χ2v) is 6.80. The highest BCUT2D eigenvalue weighted by Crippen LogP contribution is 2.37. The smallest absolute Gasteiger partial charge is 0.355 e. The summed E-state index contributed by atoms with van der Waals surface area (Å²) in [5.41, 5.74) is 1.32. The van der Waals surface area contributed by atoms with E-state index >= 15 is 0 Å². The molecule has 1 atom stereocenters. The number of nitro benzene ring substituents is 1. The fraction of sp³-hybridized carbons (Fsp3) is 0.150. The average Bonchev–Trinajstić information content (AvgIpc) is 3.26. The van der Waals surface area contributed by atoms with Gasteiger partial charge in [0.15, 0.2) is 5.78 Å². The normalized spacial score (nSPS) is 15.1. The first-order chi connectivity index (χ1) is 14.9. The van der Waals surface area contributed by atoms with Crippen LogP contribution in [-0.2, 0) is 9.53 Å². The van der Waals surface area contributed by atoms with Crippen LogP contribution in [-0.4, -0.2) is 44.0 Å². The largest absolute Gasteiger partial charge is 0.464 e. The first kappa shape index (κ1) is 19.9. The summed E-state index contributed by atoms with van der Waals surface area (Å²) in [7, 11) is 1.19. The number of aromatic nitrogens is 4. The number of rotatable bonds is 5. The lowest BCUT2D eigenvalue weighted by Gasteiger charge is -2.28. The van der Waals surface area contributed by atoms with E-state index in [2.05, 4.69) is 20.8 Å². The van der Waals surface area contributed by atoms with Crippen molar-refractivity contribution in [3.63, 3.8) is 0 Å². The van der Waals surface area contributed by atoms with E-state index in [4.69, 9.17) is 4.74 Å². The van der Waals surface area contributed by atoms with E-state index in [1.54, 1.807) is 12.1 Å². The summed E-state index contributed by atoms with van der Waals surface area (Å²) in [4.78, 5) is 36.7. The number of benzene rings is 2. The molecule has 0 unspecified atom stereocenters. The van der Waals surface area contributed by atoms with E-state index in [-0.39, 0.29) is 28.5 Å². The van der Waals surface area contributed by atoms with Crippen LogP contribution in [0, 0.1) is 17.0 Å². The molecule has 11 nitrogen and oxygen atoms in total. The molecule has 0 saturated heterocycles. The molecule has 1 aliphatic heterocycles. The number of methoxy groups -OCH3 is 1. The molecular weight excluding hydrogens is 404 g/mol. The summed E-state index contributed by atoms with van der Waals surface area (Å²) < 4.78 is 6.24. The lowest BCUT2D eigenvalue weighted by Crippen LogP contribution is -2.33. The number of fused-ring (bicyclic) bond motifs is 1. The zero-order chi connectivity index (χ0) is 22.1. The van der Waals surface area contributed by atoms with Gasteiger partial charge in [-0.1, -0.05) is 47.1 Å². The molecule has 1 N–H and O–H groups in total. The number of aryl methyl sites for hydroxylation is 1. The summed E-state index contributed by atoms with van der Waals surface area (Å²) in [6.07, 6.45) is 0. The van der Waals surface area contributed by atoms with Gasteiger partial charge in [-0.15, -0.1) is 0 Å². The topological polar surface area (TPSA) is 142 Å². The van der Waals surface area contributed by atoms with Crippen molar-refractivity contribution in [1.29, 1.82) is 0 Å². The molecule has 1 aliphatic rings. The number of Topliss-reactive ketones (excluding diaryl/α,β-unsaturated/α-hetero) is 1. The van der Waals surface area contributed by atoms with Gasteiger partial charge in [0.05, 0.1) is 17.6 Å². The first-order valence-corrected chi connectivity index (χ1v) is 9.13. The highest BCUT2D eigenvalue weighted by atomic mass is 16.6. The highest BCUT2D eigenvalue weighted by molar-refractivity contribution is 6.15. The summed E-state index contributed by atoms with van der Waals surface area (Å²) in [5.74, 6) is -1.23. The third-order valence-electron chi connectivity index (χ3n) is 4.86. The third kappa shape index (κ3) is 3.52. The van der Waals surface area contributed by atoms with E-state index in [0.29, 0.717) is 5.56 Å². The van der Waals surface area contributed by atoms with Crippen molar-refractivity contribution in [2.75, 3.05) is 12.4 Å². The summed E-state index contributed by atoms with van der Waals surface area (Å²) in [5, 5.41) is 25.4. The number of anilines is 1. The zero-order valence-corrected chi connectivity index (χ0v) is 16.5. The van der Waals surface area contributed by atoms with Crippen molar-refractivity contribution < 1.29 is 19.2 Å². The van der Waals surface area contributed by atoms with E-state index in [1.807, 2.05) is 19.1 Å². The van der Waals surface area contributed by atoms with Crippen molar-refractivity contribution >= 4 is 23.4 Å². The van der Waals surface area contributed by atoms with Crippen LogP contribution in [0.2, 0.25) is 0 Å². The predicted molar refractivity (Wildman–Crippen MR) is 107 cm³/mol. The van der Waals surface area contributed by atoms with Gasteiger partial charge < -0.3 is 10.1 Å². The number of nitro groups is 1. The molecule has 0 spiro atoms. The van der Waals surface area contributed by atoms with Crippen LogP contribution in [0.15, 0.2) is 59.8 Å². The first-order valence-electron chi connectivity index (χ1n) is 9.13. The van der Waals surface area contributed by atoms with Gasteiger partial charge in [-0.2, -0.15) is 4.68 Å². The van der Waals surface area contributed by atoms with Crippen LogP contribution in [0.4, 0.5) is 11.6 Å². The molecule has 3 aromatic rings. The summed E-state index contributed by atoms with van der Waals surface area (Å²) in [6.45, 7) is 1.92. The number of hydrogen-bond acceptors (Lipinski definition) is 9. The molecule has 0 fully saturated rings. The van der Waals surface area contributed by atoms with Crippen LogP contribution in [0.3, 0.4) is 0 Å². The van der Waals surface area contributed by atoms with Gasteiger partial charge in [-0.25, -0.2) is 4.79 Å². The van der Waals surface area contributed by atoms with Crippen LogP contribution in [0.5, 0.6) is 0 Å². The van der Waals surface area contributed by atoms with E-state index in [9.17, 15) is 19.7 Å². The van der Waals surface area contributed by atoms with E-state index in [1.165, 1.54) is 30.0 Å². The Hall–Kier alpha value is -4.41. The van der Waals surface area contributed by atoms with Gasteiger partial charge in [0, 0.05) is 17.7 Å². The molecule has 0 saturated carbocycles. The molecule has 4 rings (SSSR count). The Labute approximate surface area is 175 Å². The Morgan fingerprint density at radius 2 is 1.94 bits per heavy atom. The molecule has 11 heteroatoms. The molecule has 2 aromatic carbocycles. The Bertz CT molecular complexity index is 1230. The van der Waals surface area contributed by atoms with Crippen LogP contribution in [0.1, 0.15) is 27.5 Å². The van der Waals surface area contributed by atoms with Crippen molar-refractivity contribution in [3.05, 3.63) is 86.6 Å². The maximum absolute atomic E-state index is 13.6. The summed E-state index contributed by atoms with van der Waals surface area (Å²) in [6, 6.07) is 11.7. The van der Waals surface area contributed by atoms with Gasteiger partial charge >= 0.3 is 5.97 Å². The maximum atomic E-state index is 13.6. The number of allylic oxidation sites excluding steroid dienone is 1. The third-order valence-corrected chi connectivity index (χ3v) is 4.86. The number of nitrogens with one attached hydrogen (secondary N) is 1. The van der Waals surface area contributed by atoms with Gasteiger partial charge in [0.2, 0.25) is 5.95 Å². The minimum absolute atomic E-state index is 0.0102. The van der Waals surface area contributed by atoms with Crippen molar-refractivity contribution in [1.82, 2.24) is 20.2 Å². The second-order valence-electron chi connectivity index (χ2n) is 6.80. The van der Waals surface area contributed by atoms with Gasteiger partial charge in [0.1, 0.15) is 11.7 Å². The van der Waals surface area contributed by atoms with E-state index in [0.717, 1.165) is 11.6 Å². The fourth-order valence-electron chi connectivity index (χ4n) is 3.36.